The van der Waals surface area contributed by atoms with Crippen molar-refractivity contribution in [3.8, 4) is 0 Å². The van der Waals surface area contributed by atoms with Crippen LogP contribution >= 0.6 is 0 Å². The molecule has 154 valence electrons. The van der Waals surface area contributed by atoms with Crippen molar-refractivity contribution >= 4 is 16.9 Å². The fraction of sp³-hybridized carbons (Fsp3) is 0.185. The van der Waals surface area contributed by atoms with Crippen LogP contribution in [0.5, 0.6) is 0 Å². The second kappa shape index (κ2) is 7.88. The first kappa shape index (κ1) is 19.3. The smallest absolute Gasteiger partial charge is 0.290 e. The molecule has 0 spiro atoms. The summed E-state index contributed by atoms with van der Waals surface area (Å²) in [5.41, 5.74) is 4.06. The fourth-order valence-electron chi connectivity index (χ4n) is 4.37. The molecule has 0 fully saturated rings. The molecular formula is C27H23NO3. The molecule has 1 unspecified atom stereocenters. The van der Waals surface area contributed by atoms with Crippen molar-refractivity contribution in [2.75, 3.05) is 6.54 Å². The van der Waals surface area contributed by atoms with Crippen LogP contribution in [0.25, 0.3) is 11.0 Å². The number of hydrogen-bond acceptors (Lipinski definition) is 3. The van der Waals surface area contributed by atoms with E-state index < -0.39 is 6.04 Å². The average molecular weight is 409 g/mol. The van der Waals surface area contributed by atoms with Crippen molar-refractivity contribution in [2.45, 2.75) is 25.8 Å². The number of fused-ring (bicyclic) bond motifs is 2. The van der Waals surface area contributed by atoms with Crippen LogP contribution in [0, 0.1) is 0 Å². The zero-order chi connectivity index (χ0) is 21.4. The van der Waals surface area contributed by atoms with Gasteiger partial charge in [-0.05, 0) is 41.7 Å². The van der Waals surface area contributed by atoms with Gasteiger partial charge in [0.15, 0.2) is 5.43 Å². The van der Waals surface area contributed by atoms with Gasteiger partial charge in [-0.3, -0.25) is 9.59 Å². The lowest BCUT2D eigenvalue weighted by molar-refractivity contribution is 0.0730. The first-order chi connectivity index (χ1) is 15.2. The molecule has 2 heterocycles. The van der Waals surface area contributed by atoms with E-state index in [0.29, 0.717) is 29.5 Å². The molecule has 1 aromatic heterocycles. The third kappa shape index (κ3) is 3.34. The standard InChI is InChI=1S/C27H23NO3/c1-2-18-12-14-20(15-13-18)24-23-25(29)21-10-6-7-11-22(21)31-26(23)27(30)28(24)17-16-19-8-4-3-5-9-19/h3-15,24H,2,16-17H2,1H3. The second-order valence-corrected chi connectivity index (χ2v) is 7.90. The minimum atomic E-state index is -0.446. The molecule has 1 aliphatic heterocycles. The normalized spacial score (nSPS) is 15.5. The van der Waals surface area contributed by atoms with Crippen LogP contribution < -0.4 is 5.43 Å². The van der Waals surface area contributed by atoms with Gasteiger partial charge in [-0.1, -0.05) is 73.7 Å². The highest BCUT2D eigenvalue weighted by Crippen LogP contribution is 2.38. The molecule has 1 amide bonds. The number of hydrogen-bond donors (Lipinski definition) is 0. The lowest BCUT2D eigenvalue weighted by Gasteiger charge is -2.25. The van der Waals surface area contributed by atoms with E-state index in [2.05, 4.69) is 31.2 Å². The predicted molar refractivity (Wildman–Crippen MR) is 121 cm³/mol. The second-order valence-electron chi connectivity index (χ2n) is 7.90. The highest BCUT2D eigenvalue weighted by atomic mass is 16.3. The van der Waals surface area contributed by atoms with Gasteiger partial charge in [-0.15, -0.1) is 0 Å². The Kier molecular flexibility index (Phi) is 4.91. The van der Waals surface area contributed by atoms with Crippen molar-refractivity contribution in [3.63, 3.8) is 0 Å². The molecule has 0 radical (unpaired) electrons. The highest BCUT2D eigenvalue weighted by Gasteiger charge is 2.42. The third-order valence-electron chi connectivity index (χ3n) is 6.06. The number of para-hydroxylation sites is 1. The Hall–Kier alpha value is -3.66. The molecule has 31 heavy (non-hydrogen) atoms. The maximum Gasteiger partial charge on any atom is 0.290 e. The Balaban J connectivity index is 1.63. The van der Waals surface area contributed by atoms with Crippen LogP contribution in [0.4, 0.5) is 0 Å². The minimum absolute atomic E-state index is 0.128. The van der Waals surface area contributed by atoms with E-state index in [0.717, 1.165) is 17.5 Å². The van der Waals surface area contributed by atoms with Gasteiger partial charge >= 0.3 is 0 Å². The van der Waals surface area contributed by atoms with Crippen LogP contribution in [0.3, 0.4) is 0 Å². The van der Waals surface area contributed by atoms with Gasteiger partial charge in [0.05, 0.1) is 17.0 Å². The molecule has 0 saturated heterocycles. The van der Waals surface area contributed by atoms with E-state index in [1.54, 1.807) is 17.0 Å². The summed E-state index contributed by atoms with van der Waals surface area (Å²) >= 11 is 0. The van der Waals surface area contributed by atoms with Gasteiger partial charge in [-0.2, -0.15) is 0 Å². The van der Waals surface area contributed by atoms with Crippen molar-refractivity contribution in [2.24, 2.45) is 0 Å². The van der Waals surface area contributed by atoms with Gasteiger partial charge in [0.25, 0.3) is 5.91 Å². The number of nitrogens with zero attached hydrogens (tertiary/aromatic N) is 1. The van der Waals surface area contributed by atoms with Crippen LogP contribution in [-0.4, -0.2) is 17.4 Å². The van der Waals surface area contributed by atoms with Crippen LogP contribution in [-0.2, 0) is 12.8 Å². The van der Waals surface area contributed by atoms with Gasteiger partial charge in [0.1, 0.15) is 5.58 Å². The van der Waals surface area contributed by atoms with E-state index in [9.17, 15) is 9.59 Å². The number of amides is 1. The highest BCUT2D eigenvalue weighted by molar-refractivity contribution is 5.99. The summed E-state index contributed by atoms with van der Waals surface area (Å²) in [6, 6.07) is 24.9. The average Bonchev–Trinajstić information content (AvgIpc) is 3.10. The quantitative estimate of drug-likeness (QED) is 0.458. The van der Waals surface area contributed by atoms with E-state index in [1.807, 2.05) is 42.5 Å². The molecule has 4 nitrogen and oxygen atoms in total. The zero-order valence-corrected chi connectivity index (χ0v) is 17.4. The van der Waals surface area contributed by atoms with Gasteiger partial charge in [0, 0.05) is 6.54 Å². The molecular weight excluding hydrogens is 386 g/mol. The van der Waals surface area contributed by atoms with Crippen molar-refractivity contribution in [3.05, 3.63) is 117 Å². The summed E-state index contributed by atoms with van der Waals surface area (Å²) in [5, 5.41) is 0.508. The maximum absolute atomic E-state index is 13.5. The number of carbonyl (C=O) groups is 1. The molecule has 3 aromatic carbocycles. The Morgan fingerprint density at radius 2 is 1.55 bits per heavy atom. The molecule has 0 bridgehead atoms. The van der Waals surface area contributed by atoms with Crippen LogP contribution in [0.15, 0.2) is 88.1 Å². The number of benzene rings is 3. The molecule has 0 saturated carbocycles. The van der Waals surface area contributed by atoms with E-state index >= 15 is 0 Å². The minimum Gasteiger partial charge on any atom is -0.450 e. The van der Waals surface area contributed by atoms with Gasteiger partial charge in [0.2, 0.25) is 5.76 Å². The molecule has 4 aromatic rings. The molecule has 0 aliphatic carbocycles. The monoisotopic (exact) mass is 409 g/mol. The summed E-state index contributed by atoms with van der Waals surface area (Å²) in [6.45, 7) is 2.61. The Labute approximate surface area is 180 Å². The largest absolute Gasteiger partial charge is 0.450 e. The van der Waals surface area contributed by atoms with Gasteiger partial charge < -0.3 is 9.32 Å². The predicted octanol–water partition coefficient (Wildman–Crippen LogP) is 5.14. The first-order valence-corrected chi connectivity index (χ1v) is 10.7. The summed E-state index contributed by atoms with van der Waals surface area (Å²) in [4.78, 5) is 28.6. The van der Waals surface area contributed by atoms with Crippen LogP contribution in [0.1, 0.15) is 45.8 Å². The first-order valence-electron chi connectivity index (χ1n) is 10.7. The molecule has 1 atom stereocenters. The maximum atomic E-state index is 13.5. The molecule has 4 heteroatoms. The summed E-state index contributed by atoms with van der Waals surface area (Å²) in [7, 11) is 0. The Morgan fingerprint density at radius 1 is 0.839 bits per heavy atom. The SMILES string of the molecule is CCc1ccc(C2c3c(oc4ccccc4c3=O)C(=O)N2CCc2ccccc2)cc1. The fourth-order valence-corrected chi connectivity index (χ4v) is 4.37. The summed E-state index contributed by atoms with van der Waals surface area (Å²) in [6.07, 6.45) is 1.64. The Morgan fingerprint density at radius 3 is 2.29 bits per heavy atom. The van der Waals surface area contributed by atoms with Gasteiger partial charge in [-0.25, -0.2) is 0 Å². The molecule has 1 aliphatic rings. The van der Waals surface area contributed by atoms with Crippen molar-refractivity contribution < 1.29 is 9.21 Å². The number of carbonyl (C=O) groups excluding carboxylic acids is 1. The summed E-state index contributed by atoms with van der Waals surface area (Å²) in [5.74, 6) is -0.0559. The van der Waals surface area contributed by atoms with E-state index in [4.69, 9.17) is 4.42 Å². The van der Waals surface area contributed by atoms with E-state index in [1.165, 1.54) is 5.56 Å². The van der Waals surface area contributed by atoms with Crippen LogP contribution in [0.2, 0.25) is 0 Å². The van der Waals surface area contributed by atoms with Crippen molar-refractivity contribution in [1.29, 1.82) is 0 Å². The Bertz CT molecular complexity index is 1310. The summed E-state index contributed by atoms with van der Waals surface area (Å²) < 4.78 is 5.99. The van der Waals surface area contributed by atoms with E-state index in [-0.39, 0.29) is 17.1 Å². The zero-order valence-electron chi connectivity index (χ0n) is 17.4. The number of rotatable bonds is 5. The number of aryl methyl sites for hydroxylation is 1. The topological polar surface area (TPSA) is 50.5 Å². The molecule has 5 rings (SSSR count). The lowest BCUT2D eigenvalue weighted by Crippen LogP contribution is -2.31. The third-order valence-corrected chi connectivity index (χ3v) is 6.06. The lowest BCUT2D eigenvalue weighted by atomic mass is 9.97. The van der Waals surface area contributed by atoms with Crippen molar-refractivity contribution in [1.82, 2.24) is 4.90 Å². The molecule has 0 N–H and O–H groups in total.